The van der Waals surface area contributed by atoms with Crippen LogP contribution in [0.25, 0.3) is 56.5 Å². The molecule has 1 N–H and O–H groups in total. The van der Waals surface area contributed by atoms with Crippen LogP contribution in [0.2, 0.25) is 0 Å². The molecule has 258 valence electrons. The lowest BCUT2D eigenvalue weighted by Crippen LogP contribution is -2.36. The van der Waals surface area contributed by atoms with E-state index in [2.05, 4.69) is 164 Å². The van der Waals surface area contributed by atoms with Gasteiger partial charge in [0.15, 0.2) is 5.71 Å². The average Bonchev–Trinajstić information content (AvgIpc) is 3.41. The first kappa shape index (κ1) is 33.6. The van der Waals surface area contributed by atoms with Crippen LogP contribution in [0.4, 0.5) is 5.69 Å². The third kappa shape index (κ3) is 6.23. The Kier molecular flexibility index (Phi) is 8.81. The van der Waals surface area contributed by atoms with Gasteiger partial charge in [-0.3, -0.25) is 0 Å². The third-order valence-electron chi connectivity index (χ3n) is 10.5. The van der Waals surface area contributed by atoms with Gasteiger partial charge in [0.25, 0.3) is 0 Å². The number of hydrogen-bond acceptors (Lipinski definition) is 2. The fraction of sp³-hybridized carbons (Fsp3) is 0.102. The van der Waals surface area contributed by atoms with Gasteiger partial charge in [-0.05, 0) is 73.0 Å². The Morgan fingerprint density at radius 3 is 1.68 bits per heavy atom. The molecule has 1 aromatic heterocycles. The molecular formula is C49H42N2O2+2. The number of para-hydroxylation sites is 1. The lowest BCUT2D eigenvalue weighted by molar-refractivity contribution is -0.572. The molecule has 4 nitrogen and oxygen atoms in total. The first-order chi connectivity index (χ1) is 25.8. The standard InChI is InChI=1S/C49H41N2O2/c1-49(2)43-22-14-15-23-44(43)50(3)47(49)29-26-38-30-40(33-42(48(38)52)35-16-8-5-9-17-35)51-45(36-18-10-6-11-19-36)31-39(34-24-27-41(53-4)28-25-34)32-46(51)37-20-12-7-13-21-37/h5-33H,1-4H3/q+1/p+1. The first-order valence-electron chi connectivity index (χ1n) is 18.0. The summed E-state index contributed by atoms with van der Waals surface area (Å²) in [6.45, 7) is 4.53. The largest absolute Gasteiger partial charge is 0.507 e. The highest BCUT2D eigenvalue weighted by atomic mass is 16.5. The number of methoxy groups -OCH3 is 1. The second-order valence-electron chi connectivity index (χ2n) is 14.0. The number of pyridine rings is 1. The molecule has 0 atom stereocenters. The van der Waals surface area contributed by atoms with E-state index in [0.29, 0.717) is 0 Å². The zero-order valence-corrected chi connectivity index (χ0v) is 30.5. The van der Waals surface area contributed by atoms with Crippen molar-refractivity contribution < 1.29 is 19.0 Å². The number of hydrogen-bond donors (Lipinski definition) is 1. The second-order valence-corrected chi connectivity index (χ2v) is 14.0. The molecule has 0 saturated carbocycles. The molecule has 0 fully saturated rings. The highest BCUT2D eigenvalue weighted by molar-refractivity contribution is 6.05. The van der Waals surface area contributed by atoms with E-state index < -0.39 is 0 Å². The fourth-order valence-corrected chi connectivity index (χ4v) is 7.67. The quantitative estimate of drug-likeness (QED) is 0.161. The molecule has 1 aliphatic rings. The van der Waals surface area contributed by atoms with Crippen molar-refractivity contribution in [2.45, 2.75) is 19.3 Å². The van der Waals surface area contributed by atoms with E-state index >= 15 is 0 Å². The summed E-state index contributed by atoms with van der Waals surface area (Å²) in [6.07, 6.45) is 4.24. The molecule has 0 amide bonds. The zero-order chi connectivity index (χ0) is 36.5. The van der Waals surface area contributed by atoms with Crippen LogP contribution >= 0.6 is 0 Å². The van der Waals surface area contributed by atoms with Crippen LogP contribution in [-0.4, -0.2) is 29.6 Å². The Balaban J connectivity index is 1.40. The smallest absolute Gasteiger partial charge is 0.219 e. The summed E-state index contributed by atoms with van der Waals surface area (Å²) in [7, 11) is 3.81. The lowest BCUT2D eigenvalue weighted by atomic mass is 9.81. The number of nitrogens with zero attached hydrogens (tertiary/aromatic N) is 2. The topological polar surface area (TPSA) is 36.3 Å². The Bertz CT molecular complexity index is 2440. The van der Waals surface area contributed by atoms with Gasteiger partial charge < -0.3 is 9.84 Å². The summed E-state index contributed by atoms with van der Waals surface area (Å²) >= 11 is 0. The van der Waals surface area contributed by atoms with E-state index in [0.717, 1.165) is 67.5 Å². The number of phenols is 1. The molecule has 7 aromatic rings. The fourth-order valence-electron chi connectivity index (χ4n) is 7.67. The molecule has 4 heteroatoms. The van der Waals surface area contributed by atoms with Crippen molar-refractivity contribution >= 4 is 17.5 Å². The minimum atomic E-state index is -0.204. The molecule has 0 radical (unpaired) electrons. The van der Waals surface area contributed by atoms with Gasteiger partial charge >= 0.3 is 0 Å². The number of rotatable bonds is 8. The summed E-state index contributed by atoms with van der Waals surface area (Å²) in [5.41, 5.74) is 13.2. The zero-order valence-electron chi connectivity index (χ0n) is 30.5. The molecular weight excluding hydrogens is 649 g/mol. The number of ether oxygens (including phenoxy) is 1. The molecule has 2 heterocycles. The number of benzene rings is 6. The highest BCUT2D eigenvalue weighted by Gasteiger charge is 2.42. The third-order valence-corrected chi connectivity index (χ3v) is 10.5. The SMILES string of the molecule is COc1ccc(-c2cc(-c3ccccc3)[n+](-c3cc(/C=C\C4=[N+](C)c5ccccc5C4(C)C)c(O)c(-c4ccccc4)c3)c(-c3ccccc3)c2)cc1. The predicted molar refractivity (Wildman–Crippen MR) is 217 cm³/mol. The van der Waals surface area contributed by atoms with Crippen LogP contribution in [-0.2, 0) is 5.41 Å². The Morgan fingerprint density at radius 1 is 0.566 bits per heavy atom. The molecule has 0 bridgehead atoms. The van der Waals surface area contributed by atoms with Crippen LogP contribution < -0.4 is 9.30 Å². The van der Waals surface area contributed by atoms with Gasteiger partial charge in [-0.15, -0.1) is 0 Å². The van der Waals surface area contributed by atoms with Crippen LogP contribution in [0.1, 0.15) is 25.0 Å². The van der Waals surface area contributed by atoms with Crippen molar-refractivity contribution in [1.29, 1.82) is 0 Å². The number of aromatic hydroxyl groups is 1. The Hall–Kier alpha value is -6.52. The molecule has 53 heavy (non-hydrogen) atoms. The summed E-state index contributed by atoms with van der Waals surface area (Å²) in [5, 5.41) is 12.1. The van der Waals surface area contributed by atoms with Gasteiger partial charge in [0.05, 0.1) is 12.5 Å². The molecule has 1 aliphatic heterocycles. The minimum absolute atomic E-state index is 0.204. The average molecular weight is 691 g/mol. The predicted octanol–water partition coefficient (Wildman–Crippen LogP) is 11.1. The molecule has 0 unspecified atom stereocenters. The van der Waals surface area contributed by atoms with E-state index in [9.17, 15) is 5.11 Å². The lowest BCUT2D eigenvalue weighted by Gasteiger charge is -2.16. The maximum Gasteiger partial charge on any atom is 0.219 e. The first-order valence-corrected chi connectivity index (χ1v) is 18.0. The number of fused-ring (bicyclic) bond motifs is 1. The van der Waals surface area contributed by atoms with Crippen molar-refractivity contribution in [1.82, 2.24) is 0 Å². The molecule has 0 spiro atoms. The summed E-state index contributed by atoms with van der Waals surface area (Å²) in [6, 6.07) is 56.7. The molecule has 0 saturated heterocycles. The maximum atomic E-state index is 12.1. The van der Waals surface area contributed by atoms with E-state index in [4.69, 9.17) is 4.74 Å². The van der Waals surface area contributed by atoms with Crippen LogP contribution in [0, 0.1) is 0 Å². The van der Waals surface area contributed by atoms with Gasteiger partial charge in [0.2, 0.25) is 22.8 Å². The van der Waals surface area contributed by atoms with Crippen molar-refractivity contribution in [3.8, 4) is 62.0 Å². The van der Waals surface area contributed by atoms with Gasteiger partial charge in [0.1, 0.15) is 18.5 Å². The van der Waals surface area contributed by atoms with E-state index in [1.165, 1.54) is 11.3 Å². The van der Waals surface area contributed by atoms with Gasteiger partial charge in [-0.1, -0.05) is 97.1 Å². The van der Waals surface area contributed by atoms with Gasteiger partial charge in [-0.2, -0.15) is 9.14 Å². The van der Waals surface area contributed by atoms with Crippen molar-refractivity contribution in [2.24, 2.45) is 0 Å². The van der Waals surface area contributed by atoms with Gasteiger partial charge in [-0.25, -0.2) is 0 Å². The number of allylic oxidation sites excluding steroid dienone is 1. The summed E-state index contributed by atoms with van der Waals surface area (Å²) in [5.74, 6) is 1.06. The van der Waals surface area contributed by atoms with Crippen molar-refractivity contribution in [2.75, 3.05) is 14.2 Å². The summed E-state index contributed by atoms with van der Waals surface area (Å²) < 4.78 is 10.1. The van der Waals surface area contributed by atoms with Crippen LogP contribution in [0.3, 0.4) is 0 Å². The maximum absolute atomic E-state index is 12.1. The van der Waals surface area contributed by atoms with E-state index in [-0.39, 0.29) is 11.2 Å². The van der Waals surface area contributed by atoms with Crippen molar-refractivity contribution in [3.63, 3.8) is 0 Å². The number of phenolic OH excluding ortho intramolecular Hbond substituents is 1. The molecule has 6 aromatic carbocycles. The van der Waals surface area contributed by atoms with E-state index in [1.807, 2.05) is 42.5 Å². The number of aromatic nitrogens is 1. The van der Waals surface area contributed by atoms with Crippen LogP contribution in [0.5, 0.6) is 11.5 Å². The monoisotopic (exact) mass is 690 g/mol. The molecule has 8 rings (SSSR count). The second kappa shape index (κ2) is 13.9. The van der Waals surface area contributed by atoms with Gasteiger partial charge in [0, 0.05) is 64.2 Å². The summed E-state index contributed by atoms with van der Waals surface area (Å²) in [4.78, 5) is 0. The molecule has 0 aliphatic carbocycles. The Labute approximate surface area is 311 Å². The van der Waals surface area contributed by atoms with Crippen molar-refractivity contribution in [3.05, 3.63) is 181 Å². The van der Waals surface area contributed by atoms with Crippen LogP contribution in [0.15, 0.2) is 170 Å². The van der Waals surface area contributed by atoms with E-state index in [1.54, 1.807) is 7.11 Å². The minimum Gasteiger partial charge on any atom is -0.507 e. The Morgan fingerprint density at radius 2 is 1.11 bits per heavy atom. The highest BCUT2D eigenvalue weighted by Crippen LogP contribution is 2.41. The normalized spacial score (nSPS) is 13.4.